The lowest BCUT2D eigenvalue weighted by Crippen LogP contribution is -2.15. The smallest absolute Gasteiger partial charge is 0.310 e. The summed E-state index contributed by atoms with van der Waals surface area (Å²) in [6.45, 7) is 9.25. The van der Waals surface area contributed by atoms with Crippen LogP contribution in [0.25, 0.3) is 0 Å². The van der Waals surface area contributed by atoms with Crippen molar-refractivity contribution in [1.82, 2.24) is 0 Å². The monoisotopic (exact) mass is 288 g/mol. The van der Waals surface area contributed by atoms with Crippen LogP contribution < -0.4 is 0 Å². The predicted molar refractivity (Wildman–Crippen MR) is 85.3 cm³/mol. The van der Waals surface area contributed by atoms with Crippen LogP contribution in [0.2, 0.25) is 19.6 Å². The minimum Gasteiger partial charge on any atom is -0.466 e. The van der Waals surface area contributed by atoms with Crippen molar-refractivity contribution in [3.05, 3.63) is 47.7 Å². The summed E-state index contributed by atoms with van der Waals surface area (Å²) < 4.78 is 5.22. The molecule has 0 aromatic heterocycles. The lowest BCUT2D eigenvalue weighted by atomic mass is 10.1. The molecular formula is C17H24O2Si. The van der Waals surface area contributed by atoms with Gasteiger partial charge in [-0.1, -0.05) is 61.7 Å². The average molecular weight is 288 g/mol. The quantitative estimate of drug-likeness (QED) is 0.604. The summed E-state index contributed by atoms with van der Waals surface area (Å²) >= 11 is 0. The fraction of sp³-hybridized carbons (Fsp3) is 0.471. The number of ether oxygens (including phenoxy) is 1. The highest BCUT2D eigenvalue weighted by Gasteiger charge is 2.54. The summed E-state index contributed by atoms with van der Waals surface area (Å²) in [5.41, 5.74) is 3.59. The molecule has 0 N–H and O–H groups in total. The van der Waals surface area contributed by atoms with Gasteiger partial charge in [0.1, 0.15) is 0 Å². The molecule has 1 saturated carbocycles. The molecule has 0 bridgehead atoms. The number of esters is 1. The Morgan fingerprint density at radius 2 is 1.90 bits per heavy atom. The van der Waals surface area contributed by atoms with Crippen molar-refractivity contribution in [2.24, 2.45) is 11.8 Å². The zero-order chi connectivity index (χ0) is 14.8. The summed E-state index contributed by atoms with van der Waals surface area (Å²) in [4.78, 5) is 12.1. The van der Waals surface area contributed by atoms with Crippen molar-refractivity contribution in [3.63, 3.8) is 0 Å². The van der Waals surface area contributed by atoms with E-state index in [9.17, 15) is 4.79 Å². The molecule has 1 aromatic carbocycles. The Labute approximate surface area is 122 Å². The van der Waals surface area contributed by atoms with Crippen LogP contribution in [0, 0.1) is 11.8 Å². The summed E-state index contributed by atoms with van der Waals surface area (Å²) in [7, 11) is -1.23. The number of hydrogen-bond donors (Lipinski definition) is 0. The Morgan fingerprint density at radius 3 is 2.45 bits per heavy atom. The molecule has 3 heteroatoms. The fourth-order valence-corrected chi connectivity index (χ4v) is 3.42. The molecule has 0 spiro atoms. The third-order valence-electron chi connectivity index (χ3n) is 3.64. The molecule has 1 aliphatic rings. The molecule has 0 heterocycles. The van der Waals surface area contributed by atoms with Gasteiger partial charge in [-0.15, -0.1) is 0 Å². The lowest BCUT2D eigenvalue weighted by Gasteiger charge is -2.07. The summed E-state index contributed by atoms with van der Waals surface area (Å²) in [5, 5.41) is 0. The van der Waals surface area contributed by atoms with Gasteiger partial charge < -0.3 is 4.74 Å². The van der Waals surface area contributed by atoms with Gasteiger partial charge in [0.05, 0.1) is 20.6 Å². The van der Waals surface area contributed by atoms with E-state index in [1.807, 2.05) is 25.1 Å². The van der Waals surface area contributed by atoms with E-state index < -0.39 is 8.07 Å². The molecular weight excluding hydrogens is 264 g/mol. The third kappa shape index (κ3) is 3.60. The maximum atomic E-state index is 12.1. The van der Waals surface area contributed by atoms with Crippen LogP contribution in [0.1, 0.15) is 18.4 Å². The van der Waals surface area contributed by atoms with E-state index in [1.165, 1.54) is 5.56 Å². The highest BCUT2D eigenvalue weighted by Crippen LogP contribution is 2.55. The minimum atomic E-state index is -1.23. The molecule has 0 unspecified atom stereocenters. The van der Waals surface area contributed by atoms with Crippen LogP contribution in [0.5, 0.6) is 0 Å². The van der Waals surface area contributed by atoms with Crippen molar-refractivity contribution in [2.75, 3.05) is 6.61 Å². The molecule has 0 radical (unpaired) electrons. The first-order valence-electron chi connectivity index (χ1n) is 7.35. The Kier molecular flexibility index (Phi) is 4.48. The van der Waals surface area contributed by atoms with E-state index in [4.69, 9.17) is 4.74 Å². The molecule has 108 valence electrons. The van der Waals surface area contributed by atoms with E-state index in [0.717, 1.165) is 0 Å². The fourth-order valence-electron chi connectivity index (χ4n) is 2.62. The first-order valence-corrected chi connectivity index (χ1v) is 10.9. The van der Waals surface area contributed by atoms with E-state index in [0.29, 0.717) is 18.4 Å². The predicted octanol–water partition coefficient (Wildman–Crippen LogP) is 4.01. The average Bonchev–Trinajstić information content (AvgIpc) is 3.11. The second-order valence-corrected chi connectivity index (χ2v) is 11.6. The Bertz CT molecular complexity index is 487. The Morgan fingerprint density at radius 1 is 1.25 bits per heavy atom. The summed E-state index contributed by atoms with van der Waals surface area (Å²) in [6.07, 6.45) is 2.26. The standard InChI is InChI=1S/C17H24O2Si/c1-5-19-17(18)16-14(11-12-20(2,3)4)15(16)13-9-7-6-8-10-13/h6-12,14-16H,5H2,1-4H3/b12-11+/t14-,15-,16-/m1/s1. The van der Waals surface area contributed by atoms with E-state index in [1.54, 1.807) is 0 Å². The van der Waals surface area contributed by atoms with Gasteiger partial charge in [0, 0.05) is 5.92 Å². The maximum absolute atomic E-state index is 12.1. The Balaban J connectivity index is 2.16. The SMILES string of the molecule is CCOC(=O)[C@@H]1[C@H](/C=C/[Si](C)(C)C)[C@H]1c1ccccc1. The Hall–Kier alpha value is -1.35. The molecule has 2 nitrogen and oxygen atoms in total. The summed E-state index contributed by atoms with van der Waals surface area (Å²) in [6, 6.07) is 10.3. The molecule has 2 rings (SSSR count). The van der Waals surface area contributed by atoms with Crippen LogP contribution in [0.15, 0.2) is 42.1 Å². The lowest BCUT2D eigenvalue weighted by molar-refractivity contribution is -0.145. The molecule has 1 aliphatic carbocycles. The number of carbonyl (C=O) groups excluding carboxylic acids is 1. The van der Waals surface area contributed by atoms with Gasteiger partial charge in [-0.3, -0.25) is 4.79 Å². The second-order valence-electron chi connectivity index (χ2n) is 6.52. The van der Waals surface area contributed by atoms with Crippen LogP contribution in [-0.2, 0) is 9.53 Å². The zero-order valence-electron chi connectivity index (χ0n) is 12.8. The number of benzene rings is 1. The van der Waals surface area contributed by atoms with Crippen LogP contribution in [0.3, 0.4) is 0 Å². The number of carbonyl (C=O) groups is 1. The third-order valence-corrected chi connectivity index (χ3v) is 4.83. The van der Waals surface area contributed by atoms with Gasteiger partial charge in [0.15, 0.2) is 0 Å². The van der Waals surface area contributed by atoms with Crippen molar-refractivity contribution < 1.29 is 9.53 Å². The van der Waals surface area contributed by atoms with Crippen molar-refractivity contribution in [1.29, 1.82) is 0 Å². The normalized spacial score (nSPS) is 25.7. The highest BCUT2D eigenvalue weighted by molar-refractivity contribution is 6.80. The van der Waals surface area contributed by atoms with Gasteiger partial charge >= 0.3 is 5.97 Å². The molecule has 0 amide bonds. The van der Waals surface area contributed by atoms with Gasteiger partial charge in [-0.05, 0) is 18.4 Å². The maximum Gasteiger partial charge on any atom is 0.310 e. The molecule has 0 aliphatic heterocycles. The number of hydrogen-bond acceptors (Lipinski definition) is 2. The number of allylic oxidation sites excluding steroid dienone is 1. The van der Waals surface area contributed by atoms with Crippen molar-refractivity contribution >= 4 is 14.0 Å². The molecule has 20 heavy (non-hydrogen) atoms. The van der Waals surface area contributed by atoms with Gasteiger partial charge in [0.2, 0.25) is 0 Å². The molecule has 3 atom stereocenters. The highest BCUT2D eigenvalue weighted by atomic mass is 28.3. The topological polar surface area (TPSA) is 26.3 Å². The largest absolute Gasteiger partial charge is 0.466 e. The van der Waals surface area contributed by atoms with Crippen molar-refractivity contribution in [2.45, 2.75) is 32.5 Å². The van der Waals surface area contributed by atoms with Gasteiger partial charge in [-0.25, -0.2) is 0 Å². The van der Waals surface area contributed by atoms with E-state index >= 15 is 0 Å². The van der Waals surface area contributed by atoms with Crippen LogP contribution >= 0.6 is 0 Å². The molecule has 1 fully saturated rings. The van der Waals surface area contributed by atoms with Gasteiger partial charge in [-0.2, -0.15) is 0 Å². The molecule has 0 saturated heterocycles. The van der Waals surface area contributed by atoms with E-state index in [-0.39, 0.29) is 11.9 Å². The minimum absolute atomic E-state index is 0.00458. The summed E-state index contributed by atoms with van der Waals surface area (Å²) in [5.74, 6) is 0.558. The first kappa shape index (κ1) is 15.0. The second kappa shape index (κ2) is 5.96. The van der Waals surface area contributed by atoms with Crippen LogP contribution in [0.4, 0.5) is 0 Å². The van der Waals surface area contributed by atoms with Crippen molar-refractivity contribution in [3.8, 4) is 0 Å². The van der Waals surface area contributed by atoms with E-state index in [2.05, 4.69) is 43.5 Å². The van der Waals surface area contributed by atoms with Crippen LogP contribution in [-0.4, -0.2) is 20.7 Å². The first-order chi connectivity index (χ1) is 9.44. The number of rotatable bonds is 5. The zero-order valence-corrected chi connectivity index (χ0v) is 13.8. The van der Waals surface area contributed by atoms with Gasteiger partial charge in [0.25, 0.3) is 0 Å². The molecule has 1 aromatic rings.